The van der Waals surface area contributed by atoms with Gasteiger partial charge in [0.25, 0.3) is 5.91 Å². The van der Waals surface area contributed by atoms with Crippen LogP contribution in [0.2, 0.25) is 15.1 Å². The Morgan fingerprint density at radius 1 is 1.04 bits per heavy atom. The summed E-state index contributed by atoms with van der Waals surface area (Å²) in [5.41, 5.74) is 0.327. The van der Waals surface area contributed by atoms with E-state index in [4.69, 9.17) is 34.8 Å². The van der Waals surface area contributed by atoms with Crippen molar-refractivity contribution in [2.24, 2.45) is 0 Å². The Morgan fingerprint density at radius 3 is 2.31 bits per heavy atom. The molecule has 0 atom stereocenters. The van der Waals surface area contributed by atoms with E-state index >= 15 is 0 Å². The van der Waals surface area contributed by atoms with E-state index in [1.165, 1.54) is 22.5 Å². The van der Waals surface area contributed by atoms with Crippen molar-refractivity contribution in [2.45, 2.75) is 18.7 Å². The summed E-state index contributed by atoms with van der Waals surface area (Å²) >= 11 is 18.1. The first-order valence-corrected chi connectivity index (χ1v) is 10.3. The number of halogens is 3. The van der Waals surface area contributed by atoms with E-state index < -0.39 is 15.9 Å². The number of carbonyl (C=O) groups excluding carboxylic acids is 1. The fourth-order valence-corrected chi connectivity index (χ4v) is 4.38. The van der Waals surface area contributed by atoms with E-state index in [2.05, 4.69) is 5.32 Å². The fraction of sp³-hybridized carbons (Fsp3) is 0.235. The van der Waals surface area contributed by atoms with E-state index in [1.807, 2.05) is 0 Å². The lowest BCUT2D eigenvalue weighted by atomic mass is 10.2. The zero-order valence-electron chi connectivity index (χ0n) is 14.1. The molecule has 1 N–H and O–H groups in total. The lowest BCUT2D eigenvalue weighted by molar-refractivity contribution is 0.102. The monoisotopic (exact) mass is 434 g/mol. The van der Waals surface area contributed by atoms with Gasteiger partial charge < -0.3 is 5.32 Å². The first-order valence-electron chi connectivity index (χ1n) is 7.77. The Hall–Kier alpha value is -1.31. The molecular weight excluding hydrogens is 419 g/mol. The van der Waals surface area contributed by atoms with Crippen molar-refractivity contribution in [2.75, 3.05) is 18.4 Å². The second kappa shape index (κ2) is 8.59. The molecule has 0 aliphatic carbocycles. The summed E-state index contributed by atoms with van der Waals surface area (Å²) in [5, 5.41) is 3.19. The highest BCUT2D eigenvalue weighted by Gasteiger charge is 2.24. The third-order valence-electron chi connectivity index (χ3n) is 3.73. The highest BCUT2D eigenvalue weighted by molar-refractivity contribution is 7.89. The van der Waals surface area contributed by atoms with Crippen molar-refractivity contribution in [3.63, 3.8) is 0 Å². The van der Waals surface area contributed by atoms with Crippen molar-refractivity contribution in [1.82, 2.24) is 4.31 Å². The zero-order valence-corrected chi connectivity index (χ0v) is 17.2. The molecule has 0 fully saturated rings. The molecule has 0 unspecified atom stereocenters. The minimum Gasteiger partial charge on any atom is -0.321 e. The number of hydrogen-bond donors (Lipinski definition) is 1. The minimum atomic E-state index is -3.71. The molecule has 9 heteroatoms. The van der Waals surface area contributed by atoms with Gasteiger partial charge >= 0.3 is 0 Å². The van der Waals surface area contributed by atoms with Crippen LogP contribution in [0.1, 0.15) is 24.2 Å². The third kappa shape index (κ3) is 4.32. The average molecular weight is 436 g/mol. The van der Waals surface area contributed by atoms with Crippen LogP contribution in [0, 0.1) is 0 Å². The van der Waals surface area contributed by atoms with E-state index in [0.717, 1.165) is 0 Å². The van der Waals surface area contributed by atoms with Crippen LogP contribution in [0.5, 0.6) is 0 Å². The second-order valence-electron chi connectivity index (χ2n) is 5.29. The first kappa shape index (κ1) is 21.0. The molecule has 2 aromatic carbocycles. The Morgan fingerprint density at radius 2 is 1.69 bits per heavy atom. The van der Waals surface area contributed by atoms with Crippen LogP contribution in [0.3, 0.4) is 0 Å². The van der Waals surface area contributed by atoms with Crippen LogP contribution in [0.4, 0.5) is 5.69 Å². The summed E-state index contributed by atoms with van der Waals surface area (Å²) < 4.78 is 26.6. The highest BCUT2D eigenvalue weighted by atomic mass is 35.5. The molecule has 2 aromatic rings. The minimum absolute atomic E-state index is 0.00654. The SMILES string of the molecule is CCN(CC)S(=O)(=O)c1ccc(Cl)c(C(=O)Nc2cccc(Cl)c2Cl)c1. The molecule has 0 heterocycles. The Bertz CT molecular complexity index is 929. The molecule has 140 valence electrons. The summed E-state index contributed by atoms with van der Waals surface area (Å²) in [5.74, 6) is -0.587. The number of nitrogens with one attached hydrogen (secondary N) is 1. The van der Waals surface area contributed by atoms with Crippen molar-refractivity contribution < 1.29 is 13.2 Å². The molecule has 1 amide bonds. The third-order valence-corrected chi connectivity index (χ3v) is 6.92. The van der Waals surface area contributed by atoms with Gasteiger partial charge in [0, 0.05) is 13.1 Å². The van der Waals surface area contributed by atoms with Crippen LogP contribution >= 0.6 is 34.8 Å². The van der Waals surface area contributed by atoms with Gasteiger partial charge in [0.1, 0.15) is 0 Å². The van der Waals surface area contributed by atoms with Crippen molar-refractivity contribution in [1.29, 1.82) is 0 Å². The topological polar surface area (TPSA) is 66.5 Å². The van der Waals surface area contributed by atoms with E-state index in [-0.39, 0.29) is 25.5 Å². The summed E-state index contributed by atoms with van der Waals surface area (Å²) in [6.45, 7) is 4.12. The van der Waals surface area contributed by atoms with Gasteiger partial charge in [-0.25, -0.2) is 8.42 Å². The number of benzene rings is 2. The molecule has 0 aliphatic rings. The average Bonchev–Trinajstić information content (AvgIpc) is 2.60. The largest absolute Gasteiger partial charge is 0.321 e. The van der Waals surface area contributed by atoms with Gasteiger partial charge in [0.05, 0.1) is 31.2 Å². The second-order valence-corrected chi connectivity index (χ2v) is 8.42. The number of sulfonamides is 1. The van der Waals surface area contributed by atoms with Gasteiger partial charge in [0.15, 0.2) is 0 Å². The maximum Gasteiger partial charge on any atom is 0.257 e. The van der Waals surface area contributed by atoms with Gasteiger partial charge in [-0.15, -0.1) is 0 Å². The van der Waals surface area contributed by atoms with Gasteiger partial charge in [-0.2, -0.15) is 4.31 Å². The fourth-order valence-electron chi connectivity index (χ4n) is 2.34. The van der Waals surface area contributed by atoms with Crippen LogP contribution in [-0.4, -0.2) is 31.7 Å². The normalized spacial score (nSPS) is 11.6. The summed E-state index contributed by atoms with van der Waals surface area (Å²) in [6.07, 6.45) is 0. The van der Waals surface area contributed by atoms with Crippen LogP contribution in [0.25, 0.3) is 0 Å². The summed E-state index contributed by atoms with van der Waals surface area (Å²) in [4.78, 5) is 12.6. The van der Waals surface area contributed by atoms with Crippen LogP contribution < -0.4 is 5.32 Å². The first-order chi connectivity index (χ1) is 12.2. The number of rotatable bonds is 6. The number of nitrogens with zero attached hydrogens (tertiary/aromatic N) is 1. The van der Waals surface area contributed by atoms with E-state index in [9.17, 15) is 13.2 Å². The van der Waals surface area contributed by atoms with E-state index in [1.54, 1.807) is 32.0 Å². The zero-order chi connectivity index (χ0) is 19.5. The summed E-state index contributed by atoms with van der Waals surface area (Å²) in [6, 6.07) is 8.81. The number of amides is 1. The Balaban J connectivity index is 2.41. The molecular formula is C17H17Cl3N2O3S. The van der Waals surface area contributed by atoms with Crippen molar-refractivity contribution in [3.8, 4) is 0 Å². The van der Waals surface area contributed by atoms with Crippen molar-refractivity contribution in [3.05, 3.63) is 57.0 Å². The molecule has 0 saturated heterocycles. The number of carbonyl (C=O) groups is 1. The number of anilines is 1. The van der Waals surface area contributed by atoms with Gasteiger partial charge in [-0.05, 0) is 30.3 Å². The lowest BCUT2D eigenvalue weighted by Crippen LogP contribution is -2.30. The quantitative estimate of drug-likeness (QED) is 0.699. The maximum atomic E-state index is 12.7. The maximum absolute atomic E-state index is 12.7. The molecule has 26 heavy (non-hydrogen) atoms. The molecule has 0 aromatic heterocycles. The summed E-state index contributed by atoms with van der Waals surface area (Å²) in [7, 11) is -3.71. The van der Waals surface area contributed by atoms with Crippen molar-refractivity contribution >= 4 is 56.4 Å². The Labute approximate surface area is 167 Å². The predicted octanol–water partition coefficient (Wildman–Crippen LogP) is 4.93. The van der Waals surface area contributed by atoms with Gasteiger partial charge in [-0.3, -0.25) is 4.79 Å². The molecule has 0 spiro atoms. The smallest absolute Gasteiger partial charge is 0.257 e. The molecule has 0 saturated carbocycles. The molecule has 0 radical (unpaired) electrons. The van der Waals surface area contributed by atoms with Crippen LogP contribution in [-0.2, 0) is 10.0 Å². The van der Waals surface area contributed by atoms with Crippen LogP contribution in [0.15, 0.2) is 41.3 Å². The van der Waals surface area contributed by atoms with E-state index in [0.29, 0.717) is 18.8 Å². The predicted molar refractivity (Wildman–Crippen MR) is 106 cm³/mol. The molecule has 0 bridgehead atoms. The standard InChI is InChI=1S/C17H17Cl3N2O3S/c1-3-22(4-2)26(24,25)11-8-9-13(18)12(10-11)17(23)21-15-7-5-6-14(19)16(15)20/h5-10H,3-4H2,1-2H3,(H,21,23). The van der Waals surface area contributed by atoms with Gasteiger partial charge in [-0.1, -0.05) is 54.7 Å². The van der Waals surface area contributed by atoms with Gasteiger partial charge in [0.2, 0.25) is 10.0 Å². The Kier molecular flexibility index (Phi) is 6.93. The molecule has 5 nitrogen and oxygen atoms in total. The lowest BCUT2D eigenvalue weighted by Gasteiger charge is -2.19. The highest BCUT2D eigenvalue weighted by Crippen LogP contribution is 2.31. The molecule has 2 rings (SSSR count). The molecule has 0 aliphatic heterocycles. The number of hydrogen-bond acceptors (Lipinski definition) is 3.